The topological polar surface area (TPSA) is 75.6 Å². The van der Waals surface area contributed by atoms with Gasteiger partial charge in [-0.1, -0.05) is 65.1 Å². The van der Waals surface area contributed by atoms with E-state index in [2.05, 4.69) is 5.32 Å². The highest BCUT2D eigenvalue weighted by atomic mass is 127. The largest absolute Gasteiger partial charge is 0.489 e. The molecule has 0 heterocycles. The van der Waals surface area contributed by atoms with Crippen LogP contribution in [0, 0.1) is 0 Å². The van der Waals surface area contributed by atoms with Gasteiger partial charge in [-0.25, -0.2) is 4.79 Å². The number of carbonyl (C=O) groups excluding carboxylic acids is 1. The Morgan fingerprint density at radius 3 is 2.29 bits per heavy atom. The summed E-state index contributed by atoms with van der Waals surface area (Å²) in [6.45, 7) is 0.476. The van der Waals surface area contributed by atoms with Gasteiger partial charge in [0.05, 0.1) is 4.43 Å². The lowest BCUT2D eigenvalue weighted by Gasteiger charge is -2.14. The van der Waals surface area contributed by atoms with Gasteiger partial charge in [-0.05, 0) is 23.3 Å². The molecule has 2 rings (SSSR count). The summed E-state index contributed by atoms with van der Waals surface area (Å²) in [5.41, 5.74) is 1.90. The summed E-state index contributed by atoms with van der Waals surface area (Å²) < 4.78 is 5.92. The number of halogens is 1. The van der Waals surface area contributed by atoms with E-state index in [9.17, 15) is 14.7 Å². The minimum Gasteiger partial charge on any atom is -0.489 e. The summed E-state index contributed by atoms with van der Waals surface area (Å²) in [4.78, 5) is 22.6. The van der Waals surface area contributed by atoms with Gasteiger partial charge in [0.15, 0.2) is 0 Å². The highest BCUT2D eigenvalue weighted by Crippen LogP contribution is 2.15. The first-order valence-electron chi connectivity index (χ1n) is 7.42. The number of aliphatic carboxylic acids is 1. The summed E-state index contributed by atoms with van der Waals surface area (Å²) in [5, 5.41) is 11.7. The number of hydrogen-bond acceptors (Lipinski definition) is 3. The fourth-order valence-corrected chi connectivity index (χ4v) is 2.35. The number of benzene rings is 2. The lowest BCUT2D eigenvalue weighted by molar-refractivity contribution is -0.141. The molecule has 5 nitrogen and oxygen atoms in total. The number of carboxylic acid groups (broad SMARTS) is 1. The Balaban J connectivity index is 1.92. The van der Waals surface area contributed by atoms with Crippen LogP contribution in [0.2, 0.25) is 0 Å². The lowest BCUT2D eigenvalue weighted by atomic mass is 10.1. The zero-order valence-electron chi connectivity index (χ0n) is 12.9. The van der Waals surface area contributed by atoms with Crippen LogP contribution in [0.3, 0.4) is 0 Å². The summed E-state index contributed by atoms with van der Waals surface area (Å²) in [7, 11) is 0. The molecule has 0 fully saturated rings. The molecule has 0 spiro atoms. The third-order valence-corrected chi connectivity index (χ3v) is 4.06. The molecule has 0 saturated carbocycles. The number of rotatable bonds is 8. The van der Waals surface area contributed by atoms with Crippen LogP contribution >= 0.6 is 22.6 Å². The fraction of sp³-hybridized carbons (Fsp3) is 0.222. The Hall–Kier alpha value is -2.09. The van der Waals surface area contributed by atoms with Crippen LogP contribution < -0.4 is 10.1 Å². The first-order chi connectivity index (χ1) is 11.6. The molecule has 1 atom stereocenters. The van der Waals surface area contributed by atoms with Crippen molar-refractivity contribution < 1.29 is 19.4 Å². The second-order valence-corrected chi connectivity index (χ2v) is 5.98. The molecule has 2 aromatic rings. The maximum Gasteiger partial charge on any atom is 0.326 e. The van der Waals surface area contributed by atoms with E-state index in [1.54, 1.807) is 12.1 Å². The molecule has 0 unspecified atom stereocenters. The van der Waals surface area contributed by atoms with Gasteiger partial charge in [0.1, 0.15) is 18.4 Å². The van der Waals surface area contributed by atoms with Gasteiger partial charge in [-0.15, -0.1) is 0 Å². The molecule has 1 amide bonds. The van der Waals surface area contributed by atoms with E-state index >= 15 is 0 Å². The van der Waals surface area contributed by atoms with E-state index in [0.717, 1.165) is 11.1 Å². The van der Waals surface area contributed by atoms with Gasteiger partial charge >= 0.3 is 5.97 Å². The molecule has 2 N–H and O–H groups in total. The normalized spacial score (nSPS) is 11.5. The zero-order valence-corrected chi connectivity index (χ0v) is 15.1. The van der Waals surface area contributed by atoms with Gasteiger partial charge in [0, 0.05) is 6.42 Å². The highest BCUT2D eigenvalue weighted by Gasteiger charge is 2.19. The van der Waals surface area contributed by atoms with Gasteiger partial charge in [-0.3, -0.25) is 4.79 Å². The monoisotopic (exact) mass is 439 g/mol. The predicted octanol–water partition coefficient (Wildman–Crippen LogP) is 2.81. The number of ether oxygens (including phenoxy) is 1. The summed E-state index contributed by atoms with van der Waals surface area (Å²) >= 11 is 1.90. The van der Waals surface area contributed by atoms with Crippen molar-refractivity contribution >= 4 is 34.5 Å². The van der Waals surface area contributed by atoms with E-state index in [0.29, 0.717) is 12.4 Å². The van der Waals surface area contributed by atoms with Crippen LogP contribution in [-0.2, 0) is 22.6 Å². The molecule has 0 bridgehead atoms. The second kappa shape index (κ2) is 9.27. The Labute approximate surface area is 154 Å². The van der Waals surface area contributed by atoms with Crippen molar-refractivity contribution in [2.45, 2.75) is 19.1 Å². The number of carbonyl (C=O) groups is 2. The summed E-state index contributed by atoms with van der Waals surface area (Å²) in [6.07, 6.45) is 0.233. The molecule has 0 aliphatic rings. The first-order valence-corrected chi connectivity index (χ1v) is 8.95. The highest BCUT2D eigenvalue weighted by molar-refractivity contribution is 14.1. The third kappa shape index (κ3) is 5.84. The Kier molecular flexibility index (Phi) is 7.05. The van der Waals surface area contributed by atoms with Crippen LogP contribution in [0.15, 0.2) is 54.6 Å². The number of hydrogen-bond donors (Lipinski definition) is 2. The van der Waals surface area contributed by atoms with Gasteiger partial charge in [0.25, 0.3) is 0 Å². The fourth-order valence-electron chi connectivity index (χ4n) is 2.13. The van der Waals surface area contributed by atoms with Gasteiger partial charge in [-0.2, -0.15) is 0 Å². The van der Waals surface area contributed by atoms with E-state index in [1.165, 1.54) is 0 Å². The minimum atomic E-state index is -1.04. The van der Waals surface area contributed by atoms with E-state index in [-0.39, 0.29) is 16.8 Å². The Bertz CT molecular complexity index is 673. The average Bonchev–Trinajstić information content (AvgIpc) is 2.61. The SMILES string of the molecule is O=C(CI)N[C@@H](Cc1ccc(OCc2ccccc2)cc1)C(=O)O. The molecular formula is C18H18INO4. The number of carboxylic acids is 1. The number of amides is 1. The third-order valence-electron chi connectivity index (χ3n) is 3.37. The Morgan fingerprint density at radius 2 is 1.71 bits per heavy atom. The number of nitrogens with one attached hydrogen (secondary N) is 1. The van der Waals surface area contributed by atoms with Crippen molar-refractivity contribution in [3.8, 4) is 5.75 Å². The van der Waals surface area contributed by atoms with E-state index in [1.807, 2.05) is 65.1 Å². The minimum absolute atomic E-state index is 0.230. The molecule has 0 aliphatic carbocycles. The maximum absolute atomic E-state index is 11.4. The van der Waals surface area contributed by atoms with Crippen molar-refractivity contribution in [3.05, 3.63) is 65.7 Å². The maximum atomic E-state index is 11.4. The quantitative estimate of drug-likeness (QED) is 0.490. The number of alkyl halides is 1. The molecular weight excluding hydrogens is 421 g/mol. The van der Waals surface area contributed by atoms with E-state index < -0.39 is 12.0 Å². The molecule has 6 heteroatoms. The molecule has 126 valence electrons. The molecule has 0 saturated heterocycles. The van der Waals surface area contributed by atoms with Crippen molar-refractivity contribution in [1.82, 2.24) is 5.32 Å². The Morgan fingerprint density at radius 1 is 1.04 bits per heavy atom. The van der Waals surface area contributed by atoms with Crippen molar-refractivity contribution in [1.29, 1.82) is 0 Å². The average molecular weight is 439 g/mol. The summed E-state index contributed by atoms with van der Waals surface area (Å²) in [6, 6.07) is 16.1. The van der Waals surface area contributed by atoms with Crippen LogP contribution in [0.25, 0.3) is 0 Å². The van der Waals surface area contributed by atoms with Crippen LogP contribution in [0.4, 0.5) is 0 Å². The molecule has 0 aliphatic heterocycles. The zero-order chi connectivity index (χ0) is 17.4. The van der Waals surface area contributed by atoms with Crippen LogP contribution in [0.5, 0.6) is 5.75 Å². The van der Waals surface area contributed by atoms with Crippen LogP contribution in [0.1, 0.15) is 11.1 Å². The second-order valence-electron chi connectivity index (χ2n) is 5.21. The molecule has 0 aromatic heterocycles. The lowest BCUT2D eigenvalue weighted by Crippen LogP contribution is -2.42. The van der Waals surface area contributed by atoms with Crippen molar-refractivity contribution in [2.75, 3.05) is 4.43 Å². The van der Waals surface area contributed by atoms with Crippen LogP contribution in [-0.4, -0.2) is 27.5 Å². The molecule has 24 heavy (non-hydrogen) atoms. The van der Waals surface area contributed by atoms with E-state index in [4.69, 9.17) is 4.74 Å². The first kappa shape index (κ1) is 18.3. The van der Waals surface area contributed by atoms with Gasteiger partial charge < -0.3 is 15.2 Å². The predicted molar refractivity (Wildman–Crippen MR) is 99.4 cm³/mol. The molecule has 0 radical (unpaired) electrons. The standard InChI is InChI=1S/C18H18INO4/c19-11-17(21)20-16(18(22)23)10-13-6-8-15(9-7-13)24-12-14-4-2-1-3-5-14/h1-9,16H,10-12H2,(H,20,21)(H,22,23)/t16-/m0/s1. The van der Waals surface area contributed by atoms with Crippen molar-refractivity contribution in [3.63, 3.8) is 0 Å². The summed E-state index contributed by atoms with van der Waals surface area (Å²) in [5.74, 6) is -0.616. The van der Waals surface area contributed by atoms with Gasteiger partial charge in [0.2, 0.25) is 5.91 Å². The van der Waals surface area contributed by atoms with Crippen molar-refractivity contribution in [2.24, 2.45) is 0 Å². The smallest absolute Gasteiger partial charge is 0.326 e. The molecule has 2 aromatic carbocycles.